The summed E-state index contributed by atoms with van der Waals surface area (Å²) in [5.74, 6) is 0. The van der Waals surface area contributed by atoms with Gasteiger partial charge in [0.15, 0.2) is 5.58 Å². The zero-order valence-electron chi connectivity index (χ0n) is 29.6. The number of nitrogens with zero attached hydrogens (tertiary/aromatic N) is 2. The Morgan fingerprint density at radius 2 is 0.891 bits per heavy atom. The van der Waals surface area contributed by atoms with Crippen LogP contribution in [0.1, 0.15) is 0 Å². The van der Waals surface area contributed by atoms with Gasteiger partial charge < -0.3 is 13.6 Å². The number of benzene rings is 9. The van der Waals surface area contributed by atoms with Gasteiger partial charge in [-0.2, -0.15) is 0 Å². The average Bonchev–Trinajstić information content (AvgIpc) is 3.99. The van der Waals surface area contributed by atoms with Crippen LogP contribution in [0.25, 0.3) is 121 Å². The van der Waals surface area contributed by atoms with Crippen LogP contribution in [0.3, 0.4) is 0 Å². The lowest BCUT2D eigenvalue weighted by molar-refractivity contribution is 0.671. The Morgan fingerprint density at radius 3 is 1.69 bits per heavy atom. The van der Waals surface area contributed by atoms with Crippen molar-refractivity contribution in [3.8, 4) is 44.8 Å². The number of rotatable bonds is 3. The minimum atomic E-state index is 0.891. The molecule has 0 fully saturated rings. The van der Waals surface area contributed by atoms with Crippen LogP contribution in [0, 0.1) is 0 Å². The minimum Gasteiger partial charge on any atom is -0.454 e. The van der Waals surface area contributed by atoms with E-state index in [2.05, 4.69) is 191 Å². The van der Waals surface area contributed by atoms with Gasteiger partial charge in [-0.25, -0.2) is 0 Å². The molecule has 0 amide bonds. The summed E-state index contributed by atoms with van der Waals surface area (Å²) in [6.45, 7) is 0. The van der Waals surface area contributed by atoms with Crippen LogP contribution in [0.5, 0.6) is 0 Å². The van der Waals surface area contributed by atoms with Crippen LogP contribution >= 0.6 is 0 Å². The molecule has 55 heavy (non-hydrogen) atoms. The van der Waals surface area contributed by atoms with E-state index in [0.717, 1.165) is 44.3 Å². The molecule has 3 heteroatoms. The molecule has 1 aliphatic carbocycles. The fourth-order valence-corrected chi connectivity index (χ4v) is 9.87. The average molecular weight is 699 g/mol. The van der Waals surface area contributed by atoms with Crippen LogP contribution in [0.2, 0.25) is 0 Å². The lowest BCUT2D eigenvalue weighted by Crippen LogP contribution is -1.96. The maximum absolute atomic E-state index is 7.04. The van der Waals surface area contributed by atoms with Gasteiger partial charge in [0.05, 0.1) is 22.1 Å². The molecule has 3 nitrogen and oxygen atoms in total. The maximum atomic E-state index is 7.04. The summed E-state index contributed by atoms with van der Waals surface area (Å²) >= 11 is 0. The highest BCUT2D eigenvalue weighted by atomic mass is 16.3. The molecule has 0 radical (unpaired) electrons. The molecule has 0 aliphatic heterocycles. The lowest BCUT2D eigenvalue weighted by Gasteiger charge is -2.13. The predicted octanol–water partition coefficient (Wildman–Crippen LogP) is 14.2. The van der Waals surface area contributed by atoms with Crippen LogP contribution in [-0.4, -0.2) is 9.13 Å². The van der Waals surface area contributed by atoms with Gasteiger partial charge >= 0.3 is 0 Å². The van der Waals surface area contributed by atoms with E-state index in [1.165, 1.54) is 76.7 Å². The van der Waals surface area contributed by atoms with Gasteiger partial charge in [0.25, 0.3) is 0 Å². The van der Waals surface area contributed by atoms with Gasteiger partial charge in [-0.15, -0.1) is 0 Å². The Kier molecular flexibility index (Phi) is 5.63. The van der Waals surface area contributed by atoms with Crippen molar-refractivity contribution in [3.05, 3.63) is 182 Å². The highest BCUT2D eigenvalue weighted by molar-refractivity contribution is 6.39. The highest BCUT2D eigenvalue weighted by Crippen LogP contribution is 2.51. The summed E-state index contributed by atoms with van der Waals surface area (Å²) in [5, 5.41) is 9.70. The molecule has 0 saturated heterocycles. The van der Waals surface area contributed by atoms with Crippen molar-refractivity contribution in [2.24, 2.45) is 0 Å². The Bertz CT molecular complexity index is 3570. The van der Waals surface area contributed by atoms with E-state index in [4.69, 9.17) is 4.42 Å². The lowest BCUT2D eigenvalue weighted by atomic mass is 9.94. The maximum Gasteiger partial charge on any atom is 0.160 e. The number of para-hydroxylation sites is 4. The first-order chi connectivity index (χ1) is 27.3. The fraction of sp³-hybridized carbons (Fsp3) is 0. The summed E-state index contributed by atoms with van der Waals surface area (Å²) in [4.78, 5) is 0. The zero-order valence-corrected chi connectivity index (χ0v) is 29.6. The monoisotopic (exact) mass is 698 g/mol. The SMILES string of the molecule is c1ccc(-n2c3ccccc3c3c4c5ccccc5oc4c4c(c5ccccc5n4-c4cccc(-c5ccc6c7c(cccc57)-c5ccccc5-6)c4)c32)cc1. The van der Waals surface area contributed by atoms with Crippen molar-refractivity contribution in [3.63, 3.8) is 0 Å². The van der Waals surface area contributed by atoms with Crippen molar-refractivity contribution in [2.75, 3.05) is 0 Å². The third-order valence-electron chi connectivity index (χ3n) is 12.0. The number of fused-ring (bicyclic) bond motifs is 15. The molecule has 3 aromatic heterocycles. The van der Waals surface area contributed by atoms with Crippen molar-refractivity contribution in [2.45, 2.75) is 0 Å². The third kappa shape index (κ3) is 3.74. The molecule has 9 aromatic carbocycles. The highest BCUT2D eigenvalue weighted by Gasteiger charge is 2.28. The van der Waals surface area contributed by atoms with Gasteiger partial charge in [-0.05, 0) is 86.6 Å². The molecule has 0 atom stereocenters. The van der Waals surface area contributed by atoms with E-state index in [1.54, 1.807) is 0 Å². The molecule has 254 valence electrons. The standard InChI is InChI=1S/C52H30N2O/c1-2-15-32(16-3-1)53-43-25-9-6-20-40(43)47-48-42-22-8-11-27-45(42)55-52(48)51-49(50(47)53)41-21-7-10-26-44(41)54(51)33-17-12-14-31(30-33)34-28-29-39-36-19-5-4-18-35(36)38-24-13-23-37(34)46(38)39/h1-30H. The van der Waals surface area contributed by atoms with E-state index in [1.807, 2.05) is 0 Å². The second-order valence-electron chi connectivity index (χ2n) is 14.8. The van der Waals surface area contributed by atoms with Crippen LogP contribution in [-0.2, 0) is 0 Å². The third-order valence-corrected chi connectivity index (χ3v) is 12.0. The first-order valence-corrected chi connectivity index (χ1v) is 18.9. The summed E-state index contributed by atoms with van der Waals surface area (Å²) in [6.07, 6.45) is 0. The largest absolute Gasteiger partial charge is 0.454 e. The van der Waals surface area contributed by atoms with Crippen LogP contribution < -0.4 is 0 Å². The van der Waals surface area contributed by atoms with E-state index in [0.29, 0.717) is 0 Å². The fourth-order valence-electron chi connectivity index (χ4n) is 9.87. The second-order valence-corrected chi connectivity index (χ2v) is 14.8. The molecule has 0 unspecified atom stereocenters. The zero-order chi connectivity index (χ0) is 35.8. The molecule has 13 rings (SSSR count). The molecule has 3 heterocycles. The van der Waals surface area contributed by atoms with E-state index in [-0.39, 0.29) is 0 Å². The molecule has 12 aromatic rings. The smallest absolute Gasteiger partial charge is 0.160 e. The van der Waals surface area contributed by atoms with Gasteiger partial charge in [-0.1, -0.05) is 140 Å². The van der Waals surface area contributed by atoms with E-state index in [9.17, 15) is 0 Å². The number of aromatic nitrogens is 2. The predicted molar refractivity (Wildman–Crippen MR) is 230 cm³/mol. The van der Waals surface area contributed by atoms with Crippen LogP contribution in [0.15, 0.2) is 186 Å². The summed E-state index contributed by atoms with van der Waals surface area (Å²) in [5.41, 5.74) is 16.3. The van der Waals surface area contributed by atoms with Gasteiger partial charge in [0.1, 0.15) is 5.58 Å². The minimum absolute atomic E-state index is 0.891. The summed E-state index contributed by atoms with van der Waals surface area (Å²) in [6, 6.07) is 66.2. The van der Waals surface area contributed by atoms with Gasteiger partial charge in [-0.3, -0.25) is 0 Å². The molecule has 1 aliphatic rings. The van der Waals surface area contributed by atoms with Crippen molar-refractivity contribution in [1.82, 2.24) is 9.13 Å². The quantitative estimate of drug-likeness (QED) is 0.180. The normalized spacial score (nSPS) is 12.4. The number of furan rings is 1. The van der Waals surface area contributed by atoms with Crippen molar-refractivity contribution < 1.29 is 4.42 Å². The first-order valence-electron chi connectivity index (χ1n) is 18.9. The van der Waals surface area contributed by atoms with Crippen LogP contribution in [0.4, 0.5) is 0 Å². The molecule has 0 N–H and O–H groups in total. The van der Waals surface area contributed by atoms with Gasteiger partial charge in [0.2, 0.25) is 0 Å². The second kappa shape index (κ2) is 10.6. The van der Waals surface area contributed by atoms with E-state index >= 15 is 0 Å². The molecular weight excluding hydrogens is 669 g/mol. The Hall–Kier alpha value is -7.36. The van der Waals surface area contributed by atoms with Crippen molar-refractivity contribution in [1.29, 1.82) is 0 Å². The van der Waals surface area contributed by atoms with Gasteiger partial charge in [0, 0.05) is 43.7 Å². The summed E-state index contributed by atoms with van der Waals surface area (Å²) < 4.78 is 11.9. The number of hydrogen-bond acceptors (Lipinski definition) is 1. The molecular formula is C52H30N2O. The van der Waals surface area contributed by atoms with Crippen molar-refractivity contribution >= 4 is 76.3 Å². The summed E-state index contributed by atoms with van der Waals surface area (Å²) in [7, 11) is 0. The molecule has 0 spiro atoms. The Labute approximate surface area is 315 Å². The Morgan fingerprint density at radius 1 is 0.327 bits per heavy atom. The first kappa shape index (κ1) is 29.1. The molecule has 0 bridgehead atoms. The Balaban J connectivity index is 1.18. The number of hydrogen-bond donors (Lipinski definition) is 0. The topological polar surface area (TPSA) is 23.0 Å². The molecule has 0 saturated carbocycles. The van der Waals surface area contributed by atoms with E-state index < -0.39 is 0 Å².